The van der Waals surface area contributed by atoms with Crippen LogP contribution < -0.4 is 0 Å². The summed E-state index contributed by atoms with van der Waals surface area (Å²) < 4.78 is 0. The van der Waals surface area contributed by atoms with Gasteiger partial charge in [-0.15, -0.1) is 0 Å². The van der Waals surface area contributed by atoms with Gasteiger partial charge in [-0.3, -0.25) is 4.79 Å². The first-order valence-electron chi connectivity index (χ1n) is 6.22. The second kappa shape index (κ2) is 6.45. The van der Waals surface area contributed by atoms with Crippen LogP contribution in [0.25, 0.3) is 10.4 Å². The molecule has 1 aliphatic heterocycles. The first kappa shape index (κ1) is 13.7. The van der Waals surface area contributed by atoms with E-state index in [0.717, 1.165) is 17.0 Å². The predicted octanol–water partition coefficient (Wildman–Crippen LogP) is 3.04. The Kier molecular flexibility index (Phi) is 4.66. The lowest BCUT2D eigenvalue weighted by atomic mass is 10.1. The van der Waals surface area contributed by atoms with Gasteiger partial charge in [0, 0.05) is 36.0 Å². The molecule has 0 aromatic heterocycles. The largest absolute Gasteiger partial charge is 0.342 e. The third-order valence-electron chi connectivity index (χ3n) is 3.31. The van der Waals surface area contributed by atoms with Crippen molar-refractivity contribution in [1.82, 2.24) is 4.90 Å². The molecule has 100 valence electrons. The summed E-state index contributed by atoms with van der Waals surface area (Å²) in [4.78, 5) is 16.4. The Balaban J connectivity index is 1.88. The van der Waals surface area contributed by atoms with Gasteiger partial charge in [-0.25, -0.2) is 0 Å². The minimum absolute atomic E-state index is 0.130. The quantitative estimate of drug-likeness (QED) is 0.464. The van der Waals surface area contributed by atoms with Gasteiger partial charge in [0.2, 0.25) is 5.91 Å². The third kappa shape index (κ3) is 3.63. The summed E-state index contributed by atoms with van der Waals surface area (Å²) in [6.07, 6.45) is 1.22. The number of carbonyl (C=O) groups is 1. The van der Waals surface area contributed by atoms with Crippen molar-refractivity contribution in [1.29, 1.82) is 0 Å². The van der Waals surface area contributed by atoms with Gasteiger partial charge in [0.25, 0.3) is 0 Å². The molecule has 5 nitrogen and oxygen atoms in total. The van der Waals surface area contributed by atoms with E-state index in [1.54, 1.807) is 0 Å². The number of azide groups is 1. The number of hydrogen-bond acceptors (Lipinski definition) is 2. The van der Waals surface area contributed by atoms with Crippen LogP contribution in [0.3, 0.4) is 0 Å². The molecule has 1 aromatic carbocycles. The molecule has 6 heteroatoms. The van der Waals surface area contributed by atoms with E-state index in [-0.39, 0.29) is 11.8 Å². The zero-order valence-corrected chi connectivity index (χ0v) is 11.3. The van der Waals surface area contributed by atoms with E-state index in [0.29, 0.717) is 26.1 Å². The molecule has 1 aliphatic rings. The highest BCUT2D eigenvalue weighted by Gasteiger charge is 2.28. The monoisotopic (exact) mass is 278 g/mol. The normalized spacial score (nSPS) is 18.5. The van der Waals surface area contributed by atoms with Crippen LogP contribution in [-0.4, -0.2) is 30.4 Å². The molecule has 1 heterocycles. The molecular formula is C13H15ClN4O. The SMILES string of the molecule is [N-]=[N+]=NCC1CC(=O)N(CCc2ccccc2Cl)C1. The number of likely N-dealkylation sites (tertiary alicyclic amines) is 1. The van der Waals surface area contributed by atoms with E-state index >= 15 is 0 Å². The van der Waals surface area contributed by atoms with Gasteiger partial charge in [0.1, 0.15) is 0 Å². The summed E-state index contributed by atoms with van der Waals surface area (Å²) in [6, 6.07) is 7.66. The van der Waals surface area contributed by atoms with Crippen LogP contribution in [0.15, 0.2) is 29.4 Å². The lowest BCUT2D eigenvalue weighted by molar-refractivity contribution is -0.127. The van der Waals surface area contributed by atoms with E-state index in [2.05, 4.69) is 10.0 Å². The zero-order chi connectivity index (χ0) is 13.7. The molecule has 0 bridgehead atoms. The lowest BCUT2D eigenvalue weighted by Gasteiger charge is -2.16. The molecule has 1 saturated heterocycles. The molecule has 0 radical (unpaired) electrons. The average Bonchev–Trinajstić information content (AvgIpc) is 2.76. The summed E-state index contributed by atoms with van der Waals surface area (Å²) >= 11 is 6.08. The predicted molar refractivity (Wildman–Crippen MR) is 73.9 cm³/mol. The minimum atomic E-state index is 0.130. The van der Waals surface area contributed by atoms with Crippen molar-refractivity contribution in [2.24, 2.45) is 11.0 Å². The first-order valence-corrected chi connectivity index (χ1v) is 6.60. The smallest absolute Gasteiger partial charge is 0.222 e. The van der Waals surface area contributed by atoms with Crippen molar-refractivity contribution in [2.75, 3.05) is 19.6 Å². The molecule has 0 N–H and O–H groups in total. The summed E-state index contributed by atoms with van der Waals surface area (Å²) in [5.41, 5.74) is 9.34. The fraction of sp³-hybridized carbons (Fsp3) is 0.462. The Morgan fingerprint density at radius 2 is 2.26 bits per heavy atom. The average molecular weight is 279 g/mol. The van der Waals surface area contributed by atoms with Crippen molar-refractivity contribution >= 4 is 17.5 Å². The third-order valence-corrected chi connectivity index (χ3v) is 3.68. The molecule has 2 rings (SSSR count). The van der Waals surface area contributed by atoms with Gasteiger partial charge in [0.05, 0.1) is 0 Å². The fourth-order valence-corrected chi connectivity index (χ4v) is 2.53. The topological polar surface area (TPSA) is 69.1 Å². The van der Waals surface area contributed by atoms with Gasteiger partial charge in [-0.1, -0.05) is 34.9 Å². The van der Waals surface area contributed by atoms with Gasteiger partial charge < -0.3 is 4.90 Å². The fourth-order valence-electron chi connectivity index (χ4n) is 2.30. The van der Waals surface area contributed by atoms with E-state index < -0.39 is 0 Å². The van der Waals surface area contributed by atoms with E-state index in [1.165, 1.54) is 0 Å². The van der Waals surface area contributed by atoms with Crippen LogP contribution in [0, 0.1) is 5.92 Å². The standard InChI is InChI=1S/C13H15ClN4O/c14-12-4-2-1-3-11(12)5-6-18-9-10(7-13(18)19)8-16-17-15/h1-4,10H,5-9H2. The van der Waals surface area contributed by atoms with Crippen molar-refractivity contribution < 1.29 is 4.79 Å². The van der Waals surface area contributed by atoms with Crippen LogP contribution >= 0.6 is 11.6 Å². The molecule has 1 fully saturated rings. The number of amides is 1. The number of rotatable bonds is 5. The van der Waals surface area contributed by atoms with Crippen LogP contribution in [-0.2, 0) is 11.2 Å². The van der Waals surface area contributed by atoms with E-state index in [9.17, 15) is 4.79 Å². The maximum absolute atomic E-state index is 11.8. The Bertz CT molecular complexity index is 513. The van der Waals surface area contributed by atoms with Crippen molar-refractivity contribution in [3.63, 3.8) is 0 Å². The van der Waals surface area contributed by atoms with Gasteiger partial charge in [0.15, 0.2) is 0 Å². The highest BCUT2D eigenvalue weighted by atomic mass is 35.5. The second-order valence-electron chi connectivity index (χ2n) is 4.66. The molecule has 0 saturated carbocycles. The molecule has 0 spiro atoms. The minimum Gasteiger partial charge on any atom is -0.342 e. The molecule has 0 aliphatic carbocycles. The van der Waals surface area contributed by atoms with E-state index in [4.69, 9.17) is 17.1 Å². The van der Waals surface area contributed by atoms with Crippen molar-refractivity contribution in [2.45, 2.75) is 12.8 Å². The lowest BCUT2D eigenvalue weighted by Crippen LogP contribution is -2.27. The molecule has 1 unspecified atom stereocenters. The van der Waals surface area contributed by atoms with Crippen LogP contribution in [0.5, 0.6) is 0 Å². The molecule has 19 heavy (non-hydrogen) atoms. The molecule has 1 aromatic rings. The molecule has 1 atom stereocenters. The molecular weight excluding hydrogens is 264 g/mol. The van der Waals surface area contributed by atoms with Crippen molar-refractivity contribution in [3.05, 3.63) is 45.3 Å². The Hall–Kier alpha value is -1.71. The highest BCUT2D eigenvalue weighted by molar-refractivity contribution is 6.31. The van der Waals surface area contributed by atoms with Crippen LogP contribution in [0.4, 0.5) is 0 Å². The summed E-state index contributed by atoms with van der Waals surface area (Å²) in [7, 11) is 0. The maximum atomic E-state index is 11.8. The Labute approximate surface area is 116 Å². The number of benzene rings is 1. The zero-order valence-electron chi connectivity index (χ0n) is 10.5. The number of hydrogen-bond donors (Lipinski definition) is 0. The molecule has 1 amide bonds. The highest BCUT2D eigenvalue weighted by Crippen LogP contribution is 2.20. The Morgan fingerprint density at radius 3 is 3.00 bits per heavy atom. The van der Waals surface area contributed by atoms with E-state index in [1.807, 2.05) is 29.2 Å². The van der Waals surface area contributed by atoms with Crippen LogP contribution in [0.2, 0.25) is 5.02 Å². The number of nitrogens with zero attached hydrogens (tertiary/aromatic N) is 4. The van der Waals surface area contributed by atoms with Gasteiger partial charge in [-0.2, -0.15) is 0 Å². The summed E-state index contributed by atoms with van der Waals surface area (Å²) in [5, 5.41) is 4.27. The summed E-state index contributed by atoms with van der Waals surface area (Å²) in [6.45, 7) is 1.72. The first-order chi connectivity index (χ1) is 9.20. The summed E-state index contributed by atoms with van der Waals surface area (Å²) in [5.74, 6) is 0.278. The number of halogens is 1. The maximum Gasteiger partial charge on any atom is 0.222 e. The van der Waals surface area contributed by atoms with Crippen molar-refractivity contribution in [3.8, 4) is 0 Å². The van der Waals surface area contributed by atoms with Gasteiger partial charge in [-0.05, 0) is 29.5 Å². The number of carbonyl (C=O) groups excluding carboxylic acids is 1. The van der Waals surface area contributed by atoms with Crippen LogP contribution in [0.1, 0.15) is 12.0 Å². The van der Waals surface area contributed by atoms with Gasteiger partial charge >= 0.3 is 0 Å². The Morgan fingerprint density at radius 1 is 1.47 bits per heavy atom. The second-order valence-corrected chi connectivity index (χ2v) is 5.07.